The topological polar surface area (TPSA) is 107 Å². The lowest BCUT2D eigenvalue weighted by atomic mass is 9.67. The van der Waals surface area contributed by atoms with E-state index in [-0.39, 0.29) is 5.41 Å². The predicted molar refractivity (Wildman–Crippen MR) is 285 cm³/mol. The maximum Gasteiger partial charge on any atom is 0.488 e. The van der Waals surface area contributed by atoms with Crippen LogP contribution in [0.4, 0.5) is 0 Å². The van der Waals surface area contributed by atoms with Crippen molar-refractivity contribution < 1.29 is 20.1 Å². The largest absolute Gasteiger partial charge is 0.488 e. The molecule has 0 unspecified atom stereocenters. The van der Waals surface area contributed by atoms with Crippen LogP contribution >= 0.6 is 66.3 Å². The summed E-state index contributed by atoms with van der Waals surface area (Å²) in [4.78, 5) is 2.41. The zero-order valence-electron chi connectivity index (χ0n) is 37.8. The molecule has 6 nitrogen and oxygen atoms in total. The highest BCUT2D eigenvalue weighted by atomic mass is 79.9. The number of unbranched alkanes of at least 4 members (excludes halogenated alkanes) is 18. The maximum atomic E-state index is 10.1. The van der Waals surface area contributed by atoms with Gasteiger partial charge in [0.25, 0.3) is 0 Å². The van der Waals surface area contributed by atoms with Gasteiger partial charge in [-0.1, -0.05) is 191 Å². The lowest BCUT2D eigenvalue weighted by Gasteiger charge is -2.33. The Morgan fingerprint density at radius 2 is 0.797 bits per heavy atom. The van der Waals surface area contributed by atoms with Crippen molar-refractivity contribution in [3.63, 3.8) is 0 Å². The molecule has 0 bridgehead atoms. The molecule has 0 amide bonds. The Balaban J connectivity index is 0.000000266. The summed E-state index contributed by atoms with van der Waals surface area (Å²) in [6.45, 7) is 4.54. The van der Waals surface area contributed by atoms with Crippen LogP contribution in [0, 0.1) is 0 Å². The first kappa shape index (κ1) is 51.2. The summed E-state index contributed by atoms with van der Waals surface area (Å²) in [7, 11) is -3.01. The van der Waals surface area contributed by atoms with Gasteiger partial charge in [0, 0.05) is 26.3 Å². The van der Waals surface area contributed by atoms with E-state index in [1.807, 2.05) is 36.4 Å². The molecule has 6 aromatic rings. The zero-order chi connectivity index (χ0) is 45.3. The van der Waals surface area contributed by atoms with Crippen molar-refractivity contribution in [2.24, 2.45) is 0 Å². The fourth-order valence-corrected chi connectivity index (χ4v) is 12.9. The fourth-order valence-electron chi connectivity index (χ4n) is 9.53. The lowest BCUT2D eigenvalue weighted by molar-refractivity contribution is 0.396. The van der Waals surface area contributed by atoms with Crippen LogP contribution in [-0.2, 0) is 5.41 Å². The van der Waals surface area contributed by atoms with Gasteiger partial charge in [-0.05, 0) is 102 Å². The van der Waals surface area contributed by atoms with Gasteiger partial charge in [-0.15, -0.1) is 22.7 Å². The van der Waals surface area contributed by atoms with Gasteiger partial charge < -0.3 is 20.1 Å². The Morgan fingerprint density at radius 1 is 0.453 bits per heavy atom. The van der Waals surface area contributed by atoms with Gasteiger partial charge >= 0.3 is 14.2 Å². The molecule has 1 aliphatic rings. The molecule has 0 radical (unpaired) electrons. The number of halogens is 2. The second kappa shape index (κ2) is 26.4. The molecule has 64 heavy (non-hydrogen) atoms. The van der Waals surface area contributed by atoms with E-state index in [1.165, 1.54) is 148 Å². The van der Waals surface area contributed by atoms with Crippen LogP contribution in [-0.4, -0.2) is 43.1 Å². The number of thiophene rings is 2. The molecule has 0 atom stereocenters. The smallest absolute Gasteiger partial charge is 0.423 e. The van der Waals surface area contributed by atoms with Crippen LogP contribution in [0.15, 0.2) is 80.4 Å². The van der Waals surface area contributed by atoms with Gasteiger partial charge in [-0.2, -0.15) is 8.75 Å². The quantitative estimate of drug-likeness (QED) is 0.0319. The number of rotatable bonds is 26. The third kappa shape index (κ3) is 13.7. The zero-order valence-corrected chi connectivity index (χ0v) is 43.4. The summed E-state index contributed by atoms with van der Waals surface area (Å²) in [5.41, 5.74) is 9.74. The summed E-state index contributed by atoms with van der Waals surface area (Å²) in [5, 5.41) is 40.3. The van der Waals surface area contributed by atoms with Gasteiger partial charge in [0.1, 0.15) is 11.0 Å². The average molecular weight is 1050 g/mol. The van der Waals surface area contributed by atoms with E-state index in [4.69, 9.17) is 0 Å². The molecule has 7 rings (SSSR count). The van der Waals surface area contributed by atoms with Crippen LogP contribution in [0.25, 0.3) is 43.0 Å². The summed E-state index contributed by atoms with van der Waals surface area (Å²) in [6.07, 6.45) is 27.8. The summed E-state index contributed by atoms with van der Waals surface area (Å²) < 4.78 is 11.3. The van der Waals surface area contributed by atoms with Crippen LogP contribution in [0.2, 0.25) is 0 Å². The molecule has 3 aromatic heterocycles. The molecule has 0 saturated heterocycles. The molecule has 13 heteroatoms. The molecule has 0 spiro atoms. The van der Waals surface area contributed by atoms with E-state index in [0.29, 0.717) is 10.9 Å². The van der Waals surface area contributed by atoms with Crippen molar-refractivity contribution in [3.8, 4) is 32.0 Å². The van der Waals surface area contributed by atoms with E-state index in [0.717, 1.165) is 66.5 Å². The summed E-state index contributed by atoms with van der Waals surface area (Å²) in [5.74, 6) is 0. The molecule has 1 aliphatic carbocycles. The Hall–Kier alpha value is -2.19. The minimum absolute atomic E-state index is 0.249. The predicted octanol–water partition coefficient (Wildman–Crippen LogP) is 14.6. The highest BCUT2D eigenvalue weighted by Gasteiger charge is 2.43. The van der Waals surface area contributed by atoms with Gasteiger partial charge in [0.05, 0.1) is 19.3 Å². The second-order valence-electron chi connectivity index (χ2n) is 17.6. The van der Waals surface area contributed by atoms with Crippen molar-refractivity contribution in [3.05, 3.63) is 91.5 Å². The van der Waals surface area contributed by atoms with Crippen LogP contribution < -0.4 is 10.9 Å². The molecule has 0 fully saturated rings. The van der Waals surface area contributed by atoms with Crippen LogP contribution in [0.1, 0.15) is 166 Å². The first-order valence-electron chi connectivity index (χ1n) is 23.9. The first-order valence-corrected chi connectivity index (χ1v) is 27.9. The molecular weight excluding hydrogens is 982 g/mol. The van der Waals surface area contributed by atoms with Crippen molar-refractivity contribution in [1.29, 1.82) is 0 Å². The molecule has 3 aromatic carbocycles. The molecule has 0 saturated carbocycles. The number of hydrogen-bond donors (Lipinski definition) is 4. The maximum absolute atomic E-state index is 10.1. The van der Waals surface area contributed by atoms with Crippen molar-refractivity contribution in [1.82, 2.24) is 8.75 Å². The highest BCUT2D eigenvalue weighted by molar-refractivity contribution is 9.11. The fraction of sp³-hybridized carbons (Fsp3) is 0.490. The number of hydrogen-bond acceptors (Lipinski definition) is 9. The number of fused-ring (bicyclic) bond motifs is 4. The molecular formula is C51H66B2Br2N2O4S3. The Bertz CT molecular complexity index is 2170. The van der Waals surface area contributed by atoms with E-state index in [1.54, 1.807) is 22.7 Å². The Labute approximate surface area is 412 Å². The minimum atomic E-state index is -1.50. The van der Waals surface area contributed by atoms with Gasteiger partial charge in [0.2, 0.25) is 0 Å². The third-order valence-corrected chi connectivity index (χ3v) is 16.9. The Morgan fingerprint density at radius 3 is 1.12 bits per heavy atom. The molecule has 342 valence electrons. The SMILES string of the molecule is Brc1ccc(-c2ccc(-c3ccc(Br)s3)c3nsnc23)s1.CCCCCCCCCCCCC1(CCCCCCCCCCCC)c2cc(B(O)O)ccc2-c2ccc(B(O)O)cc21. The number of aromatic nitrogens is 2. The van der Waals surface area contributed by atoms with Crippen molar-refractivity contribution >= 4 is 102 Å². The molecule has 3 heterocycles. The average Bonchev–Trinajstić information content (AvgIpc) is 4.11. The van der Waals surface area contributed by atoms with Gasteiger partial charge in [-0.25, -0.2) is 0 Å². The third-order valence-electron chi connectivity index (χ3n) is 13.0. The van der Waals surface area contributed by atoms with Crippen LogP contribution in [0.5, 0.6) is 0 Å². The number of nitrogens with zero attached hydrogens (tertiary/aromatic N) is 2. The minimum Gasteiger partial charge on any atom is -0.423 e. The van der Waals surface area contributed by atoms with Crippen LogP contribution in [0.3, 0.4) is 0 Å². The number of benzene rings is 3. The summed E-state index contributed by atoms with van der Waals surface area (Å²) in [6, 6.07) is 24.4. The first-order chi connectivity index (χ1) is 31.2. The van der Waals surface area contributed by atoms with Gasteiger partial charge in [0.15, 0.2) is 0 Å². The highest BCUT2D eigenvalue weighted by Crippen LogP contribution is 2.54. The van der Waals surface area contributed by atoms with E-state index in [2.05, 4.69) is 90.9 Å². The van der Waals surface area contributed by atoms with Crippen molar-refractivity contribution in [2.45, 2.75) is 161 Å². The normalized spacial score (nSPS) is 12.6. The molecule has 0 aliphatic heterocycles. The van der Waals surface area contributed by atoms with Crippen molar-refractivity contribution in [2.75, 3.05) is 0 Å². The molecule has 4 N–H and O–H groups in total. The Kier molecular flexibility index (Phi) is 21.1. The van der Waals surface area contributed by atoms with E-state index in [9.17, 15) is 20.1 Å². The summed E-state index contributed by atoms with van der Waals surface area (Å²) >= 11 is 11.7. The second-order valence-corrected chi connectivity index (χ2v) is 23.1. The lowest BCUT2D eigenvalue weighted by Crippen LogP contribution is -2.34. The van der Waals surface area contributed by atoms with E-state index < -0.39 is 14.2 Å². The monoisotopic (exact) mass is 1050 g/mol. The van der Waals surface area contributed by atoms with E-state index >= 15 is 0 Å². The van der Waals surface area contributed by atoms with Gasteiger partial charge in [-0.3, -0.25) is 0 Å². The standard InChI is InChI=1S/C37H60B2O4.C14H6Br2N2S3/c1-3-5-7-9-11-13-15-17-19-21-27-37(28-22-20-18-16-14-12-10-8-6-4-2)35-29-31(38(40)41)23-25-33(35)34-26-24-32(39(42)43)30-36(34)37;15-11-5-3-9(19-11)7-1-2-8(10-4-6-12(16)20-10)14-13(7)17-21-18-14/h23-26,29-30,40-43H,3-22,27-28H2,1-2H3;1-6H.